The SMILES string of the molecule is O=C1CNC(C(=O)NCC(=O)N2CCCC2)CN1. The fourth-order valence-electron chi connectivity index (χ4n) is 2.12. The van der Waals surface area contributed by atoms with Gasteiger partial charge in [-0.2, -0.15) is 0 Å². The van der Waals surface area contributed by atoms with Crippen molar-refractivity contribution in [3.63, 3.8) is 0 Å². The number of hydrogen-bond acceptors (Lipinski definition) is 4. The maximum Gasteiger partial charge on any atom is 0.241 e. The first kappa shape index (κ1) is 12.8. The summed E-state index contributed by atoms with van der Waals surface area (Å²) in [6.45, 7) is 2.00. The second-order valence-electron chi connectivity index (χ2n) is 4.54. The van der Waals surface area contributed by atoms with E-state index in [4.69, 9.17) is 0 Å². The molecule has 2 fully saturated rings. The number of nitrogens with zero attached hydrogens (tertiary/aromatic N) is 1. The van der Waals surface area contributed by atoms with Crippen LogP contribution in [0.15, 0.2) is 0 Å². The molecule has 0 aromatic rings. The van der Waals surface area contributed by atoms with Crippen molar-refractivity contribution in [2.45, 2.75) is 18.9 Å². The number of hydrogen-bond donors (Lipinski definition) is 3. The predicted octanol–water partition coefficient (Wildman–Crippen LogP) is -2.19. The molecular formula is C11H18N4O3. The molecule has 7 nitrogen and oxygen atoms in total. The third-order valence-electron chi connectivity index (χ3n) is 3.20. The van der Waals surface area contributed by atoms with E-state index in [-0.39, 0.29) is 37.4 Å². The fraction of sp³-hybridized carbons (Fsp3) is 0.727. The first-order valence-electron chi connectivity index (χ1n) is 6.22. The molecule has 3 N–H and O–H groups in total. The van der Waals surface area contributed by atoms with Crippen LogP contribution in [0.1, 0.15) is 12.8 Å². The maximum atomic E-state index is 11.7. The van der Waals surface area contributed by atoms with Gasteiger partial charge in [0.2, 0.25) is 17.7 Å². The Morgan fingerprint density at radius 2 is 2.06 bits per heavy atom. The zero-order chi connectivity index (χ0) is 13.0. The average molecular weight is 254 g/mol. The highest BCUT2D eigenvalue weighted by Gasteiger charge is 2.25. The van der Waals surface area contributed by atoms with E-state index in [1.165, 1.54) is 0 Å². The number of rotatable bonds is 3. The Kier molecular flexibility index (Phi) is 4.14. The second-order valence-corrected chi connectivity index (χ2v) is 4.54. The molecule has 0 saturated carbocycles. The monoisotopic (exact) mass is 254 g/mol. The Hall–Kier alpha value is -1.63. The standard InChI is InChI=1S/C11H18N4O3/c16-9-6-12-8(5-13-9)11(18)14-7-10(17)15-3-1-2-4-15/h8,12H,1-7H2,(H,13,16)(H,14,18). The van der Waals surface area contributed by atoms with Crippen molar-refractivity contribution < 1.29 is 14.4 Å². The van der Waals surface area contributed by atoms with Gasteiger partial charge in [0.05, 0.1) is 13.1 Å². The van der Waals surface area contributed by atoms with Crippen LogP contribution in [-0.4, -0.2) is 61.4 Å². The van der Waals surface area contributed by atoms with E-state index in [0.29, 0.717) is 0 Å². The van der Waals surface area contributed by atoms with Gasteiger partial charge in [-0.3, -0.25) is 19.7 Å². The van der Waals surface area contributed by atoms with Crippen molar-refractivity contribution in [2.24, 2.45) is 0 Å². The van der Waals surface area contributed by atoms with Gasteiger partial charge in [0.15, 0.2) is 0 Å². The molecule has 0 spiro atoms. The first-order chi connectivity index (χ1) is 8.66. The third-order valence-corrected chi connectivity index (χ3v) is 3.20. The van der Waals surface area contributed by atoms with Crippen molar-refractivity contribution in [3.05, 3.63) is 0 Å². The van der Waals surface area contributed by atoms with Crippen LogP contribution in [0.2, 0.25) is 0 Å². The van der Waals surface area contributed by atoms with E-state index >= 15 is 0 Å². The van der Waals surface area contributed by atoms with Crippen LogP contribution < -0.4 is 16.0 Å². The van der Waals surface area contributed by atoms with Gasteiger partial charge in [0.25, 0.3) is 0 Å². The summed E-state index contributed by atoms with van der Waals surface area (Å²) in [5.41, 5.74) is 0. The quantitative estimate of drug-likeness (QED) is 0.534. The van der Waals surface area contributed by atoms with E-state index < -0.39 is 6.04 Å². The molecule has 7 heteroatoms. The minimum absolute atomic E-state index is 0.0327. The van der Waals surface area contributed by atoms with Crippen LogP contribution in [0.4, 0.5) is 0 Å². The Labute approximate surface area is 105 Å². The van der Waals surface area contributed by atoms with Gasteiger partial charge in [-0.15, -0.1) is 0 Å². The Morgan fingerprint density at radius 1 is 1.33 bits per heavy atom. The molecule has 18 heavy (non-hydrogen) atoms. The lowest BCUT2D eigenvalue weighted by molar-refractivity contribution is -0.133. The Balaban J connectivity index is 1.71. The molecular weight excluding hydrogens is 236 g/mol. The summed E-state index contributed by atoms with van der Waals surface area (Å²) in [7, 11) is 0. The Bertz CT molecular complexity index is 342. The van der Waals surface area contributed by atoms with Gasteiger partial charge < -0.3 is 15.5 Å². The highest BCUT2D eigenvalue weighted by atomic mass is 16.2. The van der Waals surface area contributed by atoms with Gasteiger partial charge in [0.1, 0.15) is 6.04 Å². The number of carbonyl (C=O) groups is 3. The van der Waals surface area contributed by atoms with Gasteiger partial charge in [-0.05, 0) is 12.8 Å². The van der Waals surface area contributed by atoms with E-state index in [1.54, 1.807) is 4.90 Å². The van der Waals surface area contributed by atoms with Crippen molar-refractivity contribution >= 4 is 17.7 Å². The van der Waals surface area contributed by atoms with Crippen LogP contribution in [0, 0.1) is 0 Å². The maximum absolute atomic E-state index is 11.7. The summed E-state index contributed by atoms with van der Waals surface area (Å²) in [4.78, 5) is 36.1. The number of amides is 3. The lowest BCUT2D eigenvalue weighted by Crippen LogP contribution is -2.58. The smallest absolute Gasteiger partial charge is 0.241 e. The van der Waals surface area contributed by atoms with E-state index in [2.05, 4.69) is 16.0 Å². The molecule has 0 bridgehead atoms. The normalized spacial score (nSPS) is 23.7. The topological polar surface area (TPSA) is 90.5 Å². The third kappa shape index (κ3) is 3.19. The van der Waals surface area contributed by atoms with Crippen LogP contribution in [0.5, 0.6) is 0 Å². The van der Waals surface area contributed by atoms with E-state index in [0.717, 1.165) is 25.9 Å². The van der Waals surface area contributed by atoms with Crippen molar-refractivity contribution in [2.75, 3.05) is 32.7 Å². The summed E-state index contributed by atoms with van der Waals surface area (Å²) < 4.78 is 0. The number of carbonyl (C=O) groups excluding carboxylic acids is 3. The summed E-state index contributed by atoms with van der Waals surface area (Å²) in [6.07, 6.45) is 2.08. The number of piperazine rings is 1. The lowest BCUT2D eigenvalue weighted by atomic mass is 10.2. The fourth-order valence-corrected chi connectivity index (χ4v) is 2.12. The number of nitrogens with one attached hydrogen (secondary N) is 3. The highest BCUT2D eigenvalue weighted by molar-refractivity contribution is 5.89. The van der Waals surface area contributed by atoms with Gasteiger partial charge in [0, 0.05) is 19.6 Å². The molecule has 0 aromatic heterocycles. The van der Waals surface area contributed by atoms with Crippen LogP contribution in [-0.2, 0) is 14.4 Å². The summed E-state index contributed by atoms with van der Waals surface area (Å²) in [5, 5.41) is 8.01. The molecule has 1 atom stereocenters. The summed E-state index contributed by atoms with van der Waals surface area (Å²) in [6, 6.07) is -0.450. The molecule has 2 aliphatic rings. The molecule has 1 unspecified atom stereocenters. The molecule has 0 aromatic carbocycles. The Morgan fingerprint density at radius 3 is 2.67 bits per heavy atom. The first-order valence-corrected chi connectivity index (χ1v) is 6.22. The molecule has 2 heterocycles. The van der Waals surface area contributed by atoms with E-state index in [1.807, 2.05) is 0 Å². The summed E-state index contributed by atoms with van der Waals surface area (Å²) >= 11 is 0. The molecule has 3 amide bonds. The van der Waals surface area contributed by atoms with Crippen molar-refractivity contribution in [1.29, 1.82) is 0 Å². The van der Waals surface area contributed by atoms with Crippen LogP contribution in [0.3, 0.4) is 0 Å². The second kappa shape index (κ2) is 5.81. The summed E-state index contributed by atoms with van der Waals surface area (Å²) in [5.74, 6) is -0.407. The minimum Gasteiger partial charge on any atom is -0.353 e. The zero-order valence-corrected chi connectivity index (χ0v) is 10.2. The van der Waals surface area contributed by atoms with Crippen molar-refractivity contribution in [1.82, 2.24) is 20.9 Å². The molecule has 0 radical (unpaired) electrons. The van der Waals surface area contributed by atoms with Crippen molar-refractivity contribution in [3.8, 4) is 0 Å². The van der Waals surface area contributed by atoms with E-state index in [9.17, 15) is 14.4 Å². The predicted molar refractivity (Wildman–Crippen MR) is 63.6 cm³/mol. The zero-order valence-electron chi connectivity index (χ0n) is 10.2. The van der Waals surface area contributed by atoms with Gasteiger partial charge >= 0.3 is 0 Å². The van der Waals surface area contributed by atoms with Gasteiger partial charge in [-0.25, -0.2) is 0 Å². The highest BCUT2D eigenvalue weighted by Crippen LogP contribution is 2.06. The molecule has 2 aliphatic heterocycles. The minimum atomic E-state index is -0.450. The van der Waals surface area contributed by atoms with Gasteiger partial charge in [-0.1, -0.05) is 0 Å². The molecule has 0 aliphatic carbocycles. The lowest BCUT2D eigenvalue weighted by Gasteiger charge is -2.23. The number of likely N-dealkylation sites (tertiary alicyclic amines) is 1. The average Bonchev–Trinajstić information content (AvgIpc) is 2.90. The largest absolute Gasteiger partial charge is 0.353 e. The molecule has 100 valence electrons. The van der Waals surface area contributed by atoms with Crippen LogP contribution in [0.25, 0.3) is 0 Å². The molecule has 2 rings (SSSR count). The molecule has 2 saturated heterocycles. The van der Waals surface area contributed by atoms with Crippen LogP contribution >= 0.6 is 0 Å².